The highest BCUT2D eigenvalue weighted by atomic mass is 79.9. The summed E-state index contributed by atoms with van der Waals surface area (Å²) in [4.78, 5) is 19.6. The minimum atomic E-state index is -0.0146. The van der Waals surface area contributed by atoms with Gasteiger partial charge in [0, 0.05) is 13.1 Å². The lowest BCUT2D eigenvalue weighted by atomic mass is 10.1. The molecule has 2 aromatic rings. The Bertz CT molecular complexity index is 1150. The highest BCUT2D eigenvalue weighted by Crippen LogP contribution is 2.37. The van der Waals surface area contributed by atoms with Crippen LogP contribution >= 0.6 is 27.7 Å². The van der Waals surface area contributed by atoms with E-state index in [4.69, 9.17) is 14.2 Å². The Morgan fingerprint density at radius 2 is 2.06 bits per heavy atom. The summed E-state index contributed by atoms with van der Waals surface area (Å²) >= 11 is 5.08. The van der Waals surface area contributed by atoms with Crippen molar-refractivity contribution < 1.29 is 19.0 Å². The van der Waals surface area contributed by atoms with E-state index in [2.05, 4.69) is 27.5 Å². The summed E-state index contributed by atoms with van der Waals surface area (Å²) in [6.45, 7) is 9.68. The van der Waals surface area contributed by atoms with Gasteiger partial charge in [-0.1, -0.05) is 12.1 Å². The number of benzene rings is 2. The fraction of sp³-hybridized carbons (Fsp3) is 0.280. The number of amidine groups is 1. The number of fused-ring (bicyclic) bond motifs is 1. The summed E-state index contributed by atoms with van der Waals surface area (Å²) in [5.74, 6) is 2.22. The molecule has 0 spiro atoms. The van der Waals surface area contributed by atoms with E-state index in [9.17, 15) is 4.79 Å². The number of ether oxygens (including phenoxy) is 3. The number of carbonyl (C=O) groups is 1. The van der Waals surface area contributed by atoms with Gasteiger partial charge in [-0.2, -0.15) is 0 Å². The first kappa shape index (κ1) is 23.4. The van der Waals surface area contributed by atoms with Crippen LogP contribution in [-0.2, 0) is 17.8 Å². The summed E-state index contributed by atoms with van der Waals surface area (Å²) in [5.41, 5.74) is 2.88. The van der Waals surface area contributed by atoms with Crippen molar-refractivity contribution in [1.82, 2.24) is 4.90 Å². The third-order valence-electron chi connectivity index (χ3n) is 5.12. The van der Waals surface area contributed by atoms with E-state index in [-0.39, 0.29) is 12.7 Å². The molecule has 172 valence electrons. The fourth-order valence-electron chi connectivity index (χ4n) is 3.60. The molecule has 8 heteroatoms. The van der Waals surface area contributed by atoms with Gasteiger partial charge in [0.1, 0.15) is 12.4 Å². The van der Waals surface area contributed by atoms with Crippen LogP contribution in [-0.4, -0.2) is 35.9 Å². The van der Waals surface area contributed by atoms with Crippen LogP contribution in [0.1, 0.15) is 30.5 Å². The van der Waals surface area contributed by atoms with Crippen LogP contribution in [0.2, 0.25) is 0 Å². The van der Waals surface area contributed by atoms with Gasteiger partial charge in [-0.3, -0.25) is 14.7 Å². The molecular weight excluding hydrogens is 504 g/mol. The van der Waals surface area contributed by atoms with Crippen LogP contribution in [0.15, 0.2) is 57.4 Å². The predicted octanol–water partition coefficient (Wildman–Crippen LogP) is 5.80. The maximum Gasteiger partial charge on any atom is 0.266 e. The SMILES string of the molecule is C=CCc1cc(/C=C2\SC(=NCC)N(CC)C2=O)cc(Br)c1OCc1ccc2c(c1)OCO2. The van der Waals surface area contributed by atoms with Gasteiger partial charge in [-0.05, 0) is 95.0 Å². The third-order valence-corrected chi connectivity index (χ3v) is 6.76. The number of likely N-dealkylation sites (N-methyl/N-ethyl adjacent to an activating group) is 1. The van der Waals surface area contributed by atoms with E-state index in [1.807, 2.05) is 56.3 Å². The lowest BCUT2D eigenvalue weighted by molar-refractivity contribution is -0.122. The molecule has 0 atom stereocenters. The number of halogens is 1. The Morgan fingerprint density at radius 1 is 1.24 bits per heavy atom. The molecular formula is C25H25BrN2O4S. The Balaban J connectivity index is 1.58. The maximum absolute atomic E-state index is 12.8. The first-order valence-electron chi connectivity index (χ1n) is 10.7. The maximum atomic E-state index is 12.8. The van der Waals surface area contributed by atoms with Gasteiger partial charge >= 0.3 is 0 Å². The molecule has 0 radical (unpaired) electrons. The second-order valence-corrected chi connectivity index (χ2v) is 9.24. The topological polar surface area (TPSA) is 60.4 Å². The summed E-state index contributed by atoms with van der Waals surface area (Å²) < 4.78 is 17.8. The zero-order chi connectivity index (χ0) is 23.4. The Hall–Kier alpha value is -2.71. The smallest absolute Gasteiger partial charge is 0.266 e. The monoisotopic (exact) mass is 528 g/mol. The zero-order valence-electron chi connectivity index (χ0n) is 18.6. The number of aliphatic imine (C=N–C) groups is 1. The largest absolute Gasteiger partial charge is 0.487 e. The summed E-state index contributed by atoms with van der Waals surface area (Å²) in [7, 11) is 0. The van der Waals surface area contributed by atoms with Crippen LogP contribution in [0.25, 0.3) is 6.08 Å². The average Bonchev–Trinajstić information content (AvgIpc) is 3.37. The van der Waals surface area contributed by atoms with Crippen molar-refractivity contribution in [2.24, 2.45) is 4.99 Å². The number of thioether (sulfide) groups is 1. The molecule has 0 aromatic heterocycles. The van der Waals surface area contributed by atoms with Crippen LogP contribution in [0.4, 0.5) is 0 Å². The van der Waals surface area contributed by atoms with Crippen LogP contribution in [0.5, 0.6) is 17.2 Å². The van der Waals surface area contributed by atoms with Gasteiger partial charge in [0.15, 0.2) is 16.7 Å². The average molecular weight is 529 g/mol. The van der Waals surface area contributed by atoms with Crippen molar-refractivity contribution in [2.45, 2.75) is 26.9 Å². The lowest BCUT2D eigenvalue weighted by Crippen LogP contribution is -2.28. The molecule has 2 heterocycles. The first-order valence-corrected chi connectivity index (χ1v) is 12.4. The van der Waals surface area contributed by atoms with E-state index in [1.54, 1.807) is 4.90 Å². The van der Waals surface area contributed by atoms with Gasteiger partial charge in [0.25, 0.3) is 5.91 Å². The summed E-state index contributed by atoms with van der Waals surface area (Å²) in [5, 5.41) is 0.755. The molecule has 0 unspecified atom stereocenters. The molecule has 4 rings (SSSR count). The van der Waals surface area contributed by atoms with Crippen molar-refractivity contribution >= 4 is 44.8 Å². The van der Waals surface area contributed by atoms with E-state index >= 15 is 0 Å². The number of nitrogens with zero attached hydrogens (tertiary/aromatic N) is 2. The van der Waals surface area contributed by atoms with Gasteiger partial charge in [-0.25, -0.2) is 0 Å². The standard InChI is InChI=1S/C25H25BrN2O4S/c1-4-7-18-10-17(13-22-24(29)28(6-3)25(33-22)27-5-2)11-19(26)23(18)30-14-16-8-9-20-21(12-16)32-15-31-20/h4,8-13H,1,5-7,14-15H2,2-3H3/b22-13-,27-25?. The first-order chi connectivity index (χ1) is 16.0. The molecule has 0 bridgehead atoms. The molecule has 33 heavy (non-hydrogen) atoms. The van der Waals surface area contributed by atoms with Gasteiger partial charge in [0.2, 0.25) is 6.79 Å². The molecule has 1 saturated heterocycles. The third kappa shape index (κ3) is 5.12. The van der Waals surface area contributed by atoms with E-state index in [0.717, 1.165) is 43.6 Å². The Morgan fingerprint density at radius 3 is 2.82 bits per heavy atom. The van der Waals surface area contributed by atoms with E-state index < -0.39 is 0 Å². The second kappa shape index (κ2) is 10.5. The number of amides is 1. The molecule has 2 aliphatic heterocycles. The number of hydrogen-bond donors (Lipinski definition) is 0. The van der Waals surface area contributed by atoms with Crippen molar-refractivity contribution in [2.75, 3.05) is 19.9 Å². The molecule has 2 aliphatic rings. The Kier molecular flexibility index (Phi) is 7.45. The second-order valence-electron chi connectivity index (χ2n) is 7.38. The zero-order valence-corrected chi connectivity index (χ0v) is 21.0. The Labute approximate surface area is 206 Å². The van der Waals surface area contributed by atoms with Crippen LogP contribution < -0.4 is 14.2 Å². The van der Waals surface area contributed by atoms with Gasteiger partial charge in [-0.15, -0.1) is 6.58 Å². The molecule has 2 aromatic carbocycles. The number of allylic oxidation sites excluding steroid dienone is 1. The molecule has 1 fully saturated rings. The summed E-state index contributed by atoms with van der Waals surface area (Å²) in [6.07, 6.45) is 4.38. The predicted molar refractivity (Wildman–Crippen MR) is 136 cm³/mol. The van der Waals surface area contributed by atoms with E-state index in [1.165, 1.54) is 11.8 Å². The van der Waals surface area contributed by atoms with E-state index in [0.29, 0.717) is 31.0 Å². The molecule has 0 aliphatic carbocycles. The number of hydrogen-bond acceptors (Lipinski definition) is 6. The van der Waals surface area contributed by atoms with Crippen molar-refractivity contribution in [1.29, 1.82) is 0 Å². The molecule has 0 N–H and O–H groups in total. The normalized spacial score (nSPS) is 17.3. The quantitative estimate of drug-likeness (QED) is 0.320. The highest BCUT2D eigenvalue weighted by Gasteiger charge is 2.31. The number of rotatable bonds is 8. The summed E-state index contributed by atoms with van der Waals surface area (Å²) in [6, 6.07) is 9.79. The van der Waals surface area contributed by atoms with Crippen molar-refractivity contribution in [3.05, 3.63) is 69.1 Å². The van der Waals surface area contributed by atoms with Gasteiger partial charge < -0.3 is 14.2 Å². The van der Waals surface area contributed by atoms with Gasteiger partial charge in [0.05, 0.1) is 9.38 Å². The molecule has 1 amide bonds. The lowest BCUT2D eigenvalue weighted by Gasteiger charge is -2.14. The van der Waals surface area contributed by atoms with Crippen LogP contribution in [0, 0.1) is 0 Å². The number of carbonyl (C=O) groups excluding carboxylic acids is 1. The minimum Gasteiger partial charge on any atom is -0.487 e. The minimum absolute atomic E-state index is 0.0146. The van der Waals surface area contributed by atoms with Crippen molar-refractivity contribution in [3.8, 4) is 17.2 Å². The highest BCUT2D eigenvalue weighted by molar-refractivity contribution is 9.10. The molecule has 6 nitrogen and oxygen atoms in total. The fourth-order valence-corrected chi connectivity index (χ4v) is 5.34. The molecule has 0 saturated carbocycles. The van der Waals surface area contributed by atoms with Crippen LogP contribution in [0.3, 0.4) is 0 Å². The van der Waals surface area contributed by atoms with Crippen molar-refractivity contribution in [3.63, 3.8) is 0 Å².